The molecule has 2 amide bonds. The van der Waals surface area contributed by atoms with E-state index in [4.69, 9.17) is 28.2 Å². The maximum atomic E-state index is 12.8. The van der Waals surface area contributed by atoms with Crippen LogP contribution in [0.15, 0.2) is 83.3 Å². The van der Waals surface area contributed by atoms with E-state index in [1.54, 1.807) is 36.4 Å². The first kappa shape index (κ1) is 27.4. The number of anilines is 2. The van der Waals surface area contributed by atoms with Crippen molar-refractivity contribution in [1.29, 1.82) is 0 Å². The lowest BCUT2D eigenvalue weighted by molar-refractivity contribution is 0.0746. The number of aryl methyl sites for hydroxylation is 2. The van der Waals surface area contributed by atoms with Crippen LogP contribution >= 0.6 is 23.8 Å². The zero-order valence-electron chi connectivity index (χ0n) is 22.2. The van der Waals surface area contributed by atoms with Crippen LogP contribution in [0.3, 0.4) is 0 Å². The van der Waals surface area contributed by atoms with Crippen LogP contribution in [-0.4, -0.2) is 48.0 Å². The monoisotopic (exact) mass is 572 g/mol. The number of thiocarbonyl (C=S) groups is 1. The van der Waals surface area contributed by atoms with E-state index in [1.807, 2.05) is 54.3 Å². The molecule has 9 heteroatoms. The van der Waals surface area contributed by atoms with Crippen LogP contribution in [0.25, 0.3) is 11.3 Å². The largest absolute Gasteiger partial charge is 0.451 e. The number of furan rings is 1. The minimum atomic E-state index is -0.421. The fourth-order valence-electron chi connectivity index (χ4n) is 4.54. The molecule has 0 saturated carbocycles. The number of carbonyl (C=O) groups excluding carboxylic acids is 2. The van der Waals surface area contributed by atoms with Gasteiger partial charge in [0.1, 0.15) is 5.76 Å². The van der Waals surface area contributed by atoms with E-state index in [-0.39, 0.29) is 16.8 Å². The lowest BCUT2D eigenvalue weighted by atomic mass is 10.1. The summed E-state index contributed by atoms with van der Waals surface area (Å²) in [6.45, 7) is 6.82. The number of nitrogens with one attached hydrogen (secondary N) is 2. The van der Waals surface area contributed by atoms with Crippen LogP contribution in [0.4, 0.5) is 11.4 Å². The van der Waals surface area contributed by atoms with Crippen LogP contribution in [0.1, 0.15) is 32.0 Å². The van der Waals surface area contributed by atoms with Crippen molar-refractivity contribution in [2.45, 2.75) is 13.8 Å². The van der Waals surface area contributed by atoms with Gasteiger partial charge in [-0.05, 0) is 104 Å². The fourth-order valence-corrected chi connectivity index (χ4v) is 4.87. The third-order valence-electron chi connectivity index (χ3n) is 7.00. The molecule has 3 aromatic carbocycles. The maximum Gasteiger partial charge on any atom is 0.293 e. The summed E-state index contributed by atoms with van der Waals surface area (Å²) in [5.74, 6) is 0.400. The predicted molar refractivity (Wildman–Crippen MR) is 163 cm³/mol. The Morgan fingerprint density at radius 1 is 0.850 bits per heavy atom. The molecule has 0 radical (unpaired) electrons. The third-order valence-corrected chi connectivity index (χ3v) is 7.45. The van der Waals surface area contributed by atoms with E-state index < -0.39 is 5.91 Å². The molecule has 0 bridgehead atoms. The molecule has 1 saturated heterocycles. The SMILES string of the molecule is Cc1ccc(-c2ccc(C(=O)NC(=S)Nc3ccc(N4CCN(C(=O)c5ccc(Cl)cc5)CC4)cc3)o2)cc1C. The summed E-state index contributed by atoms with van der Waals surface area (Å²) in [4.78, 5) is 29.5. The quantitative estimate of drug-likeness (QED) is 0.273. The van der Waals surface area contributed by atoms with Gasteiger partial charge in [-0.15, -0.1) is 0 Å². The minimum Gasteiger partial charge on any atom is -0.451 e. The number of amides is 2. The molecule has 1 aromatic heterocycles. The summed E-state index contributed by atoms with van der Waals surface area (Å²) in [5.41, 5.74) is 5.71. The number of nitrogens with zero attached hydrogens (tertiary/aromatic N) is 2. The Kier molecular flexibility index (Phi) is 8.19. The van der Waals surface area contributed by atoms with E-state index in [9.17, 15) is 9.59 Å². The Morgan fingerprint density at radius 2 is 1.55 bits per heavy atom. The van der Waals surface area contributed by atoms with E-state index in [0.29, 0.717) is 29.4 Å². The summed E-state index contributed by atoms with van der Waals surface area (Å²) >= 11 is 11.3. The molecule has 40 heavy (non-hydrogen) atoms. The molecule has 0 aliphatic carbocycles. The molecule has 1 aliphatic rings. The second kappa shape index (κ2) is 11.9. The molecular weight excluding hydrogens is 544 g/mol. The van der Waals surface area contributed by atoms with Crippen molar-refractivity contribution >= 4 is 52.1 Å². The van der Waals surface area contributed by atoms with Crippen molar-refractivity contribution in [2.24, 2.45) is 0 Å². The lowest BCUT2D eigenvalue weighted by Gasteiger charge is -2.36. The smallest absolute Gasteiger partial charge is 0.293 e. The summed E-state index contributed by atoms with van der Waals surface area (Å²) in [5, 5.41) is 6.51. The first-order valence-electron chi connectivity index (χ1n) is 13.0. The molecular formula is C31H29ClN4O3S. The van der Waals surface area contributed by atoms with E-state index in [1.165, 1.54) is 5.56 Å². The van der Waals surface area contributed by atoms with Crippen molar-refractivity contribution in [3.63, 3.8) is 0 Å². The molecule has 204 valence electrons. The average molecular weight is 573 g/mol. The highest BCUT2D eigenvalue weighted by atomic mass is 35.5. The zero-order chi connectivity index (χ0) is 28.2. The summed E-state index contributed by atoms with van der Waals surface area (Å²) < 4.78 is 5.78. The maximum absolute atomic E-state index is 12.8. The Morgan fingerprint density at radius 3 is 2.23 bits per heavy atom. The van der Waals surface area contributed by atoms with Gasteiger partial charge in [0.15, 0.2) is 10.9 Å². The minimum absolute atomic E-state index is 0.0162. The van der Waals surface area contributed by atoms with Gasteiger partial charge in [-0.25, -0.2) is 0 Å². The molecule has 7 nitrogen and oxygen atoms in total. The van der Waals surface area contributed by atoms with Crippen LogP contribution < -0.4 is 15.5 Å². The second-order valence-corrected chi connectivity index (χ2v) is 10.5. The van der Waals surface area contributed by atoms with Crippen LogP contribution in [0, 0.1) is 13.8 Å². The molecule has 1 aliphatic heterocycles. The number of piperazine rings is 1. The third kappa shape index (κ3) is 6.35. The van der Waals surface area contributed by atoms with Gasteiger partial charge in [-0.2, -0.15) is 0 Å². The molecule has 2 heterocycles. The molecule has 0 atom stereocenters. The van der Waals surface area contributed by atoms with Crippen molar-refractivity contribution in [3.8, 4) is 11.3 Å². The molecule has 2 N–H and O–H groups in total. The van der Waals surface area contributed by atoms with Gasteiger partial charge < -0.3 is 19.5 Å². The van der Waals surface area contributed by atoms with Crippen molar-refractivity contribution < 1.29 is 14.0 Å². The van der Waals surface area contributed by atoms with Gasteiger partial charge in [0, 0.05) is 53.7 Å². The van der Waals surface area contributed by atoms with Gasteiger partial charge in [0.25, 0.3) is 11.8 Å². The Hall–Kier alpha value is -4.14. The number of rotatable bonds is 5. The average Bonchev–Trinajstić information content (AvgIpc) is 3.46. The van der Waals surface area contributed by atoms with Gasteiger partial charge in [-0.3, -0.25) is 14.9 Å². The number of halogens is 1. The van der Waals surface area contributed by atoms with E-state index in [0.717, 1.165) is 35.6 Å². The number of carbonyl (C=O) groups is 2. The topological polar surface area (TPSA) is 77.8 Å². The fraction of sp³-hybridized carbons (Fsp3) is 0.194. The highest BCUT2D eigenvalue weighted by molar-refractivity contribution is 7.80. The number of benzene rings is 3. The van der Waals surface area contributed by atoms with Crippen molar-refractivity contribution in [1.82, 2.24) is 10.2 Å². The molecule has 5 rings (SSSR count). The van der Waals surface area contributed by atoms with Crippen molar-refractivity contribution in [2.75, 3.05) is 36.4 Å². The molecule has 0 unspecified atom stereocenters. The summed E-state index contributed by atoms with van der Waals surface area (Å²) in [6.07, 6.45) is 0. The zero-order valence-corrected chi connectivity index (χ0v) is 23.8. The highest BCUT2D eigenvalue weighted by Crippen LogP contribution is 2.25. The highest BCUT2D eigenvalue weighted by Gasteiger charge is 2.22. The summed E-state index contributed by atoms with van der Waals surface area (Å²) in [7, 11) is 0. The Balaban J connectivity index is 1.12. The van der Waals surface area contributed by atoms with Crippen LogP contribution in [-0.2, 0) is 0 Å². The Labute approximate surface area is 243 Å². The standard InChI is InChI=1S/C31H29ClN4O3S/c1-20-3-4-23(19-21(20)2)27-13-14-28(39-27)29(37)34-31(40)33-25-9-11-26(12-10-25)35-15-17-36(18-16-35)30(38)22-5-7-24(32)8-6-22/h3-14,19H,15-18H2,1-2H3,(H2,33,34,37,40). The van der Waals surface area contributed by atoms with Crippen LogP contribution in [0.5, 0.6) is 0 Å². The van der Waals surface area contributed by atoms with E-state index >= 15 is 0 Å². The normalized spacial score (nSPS) is 13.2. The Bertz CT molecular complexity index is 1540. The predicted octanol–water partition coefficient (Wildman–Crippen LogP) is 6.31. The van der Waals surface area contributed by atoms with Gasteiger partial charge >= 0.3 is 0 Å². The summed E-state index contributed by atoms with van der Waals surface area (Å²) in [6, 6.07) is 24.2. The lowest BCUT2D eigenvalue weighted by Crippen LogP contribution is -2.48. The van der Waals surface area contributed by atoms with E-state index in [2.05, 4.69) is 22.5 Å². The second-order valence-electron chi connectivity index (χ2n) is 9.70. The molecule has 4 aromatic rings. The van der Waals surface area contributed by atoms with Gasteiger partial charge in [0.05, 0.1) is 0 Å². The number of hydrogen-bond acceptors (Lipinski definition) is 5. The van der Waals surface area contributed by atoms with Crippen molar-refractivity contribution in [3.05, 3.63) is 106 Å². The van der Waals surface area contributed by atoms with Gasteiger partial charge in [-0.1, -0.05) is 23.7 Å². The first-order chi connectivity index (χ1) is 19.3. The van der Waals surface area contributed by atoms with Crippen LogP contribution in [0.2, 0.25) is 5.02 Å². The molecule has 1 fully saturated rings. The molecule has 0 spiro atoms. The van der Waals surface area contributed by atoms with Gasteiger partial charge in [0.2, 0.25) is 0 Å². The number of hydrogen-bond donors (Lipinski definition) is 2. The first-order valence-corrected chi connectivity index (χ1v) is 13.7.